The quantitative estimate of drug-likeness (QED) is 0.0598. The van der Waals surface area contributed by atoms with Crippen LogP contribution in [0, 0.1) is 0 Å². The minimum atomic E-state index is -1.44. The van der Waals surface area contributed by atoms with Gasteiger partial charge in [-0.1, -0.05) is 54.1 Å². The Morgan fingerprint density at radius 2 is 1.57 bits per heavy atom. The fourth-order valence-corrected chi connectivity index (χ4v) is 7.35. The number of aromatic hydroxyl groups is 1. The Kier molecular flexibility index (Phi) is 15.8. The molecule has 4 bridgehead atoms. The van der Waals surface area contributed by atoms with Crippen LogP contribution in [0.1, 0.15) is 71.0 Å². The summed E-state index contributed by atoms with van der Waals surface area (Å²) in [5.74, 6) is -4.46. The molecule has 0 fully saturated rings. The molecule has 1 heterocycles. The Morgan fingerprint density at radius 3 is 2.21 bits per heavy atom. The second-order valence-corrected chi connectivity index (χ2v) is 15.6. The van der Waals surface area contributed by atoms with Crippen LogP contribution in [0.3, 0.4) is 0 Å². The van der Waals surface area contributed by atoms with E-state index in [1.165, 1.54) is 45.2 Å². The predicted octanol–water partition coefficient (Wildman–Crippen LogP) is 4.48. The highest BCUT2D eigenvalue weighted by atomic mass is 35.5. The van der Waals surface area contributed by atoms with E-state index in [4.69, 9.17) is 28.9 Å². The zero-order valence-electron chi connectivity index (χ0n) is 33.9. The number of aldehydes is 1. The first-order chi connectivity index (χ1) is 29.1. The molecule has 61 heavy (non-hydrogen) atoms. The Morgan fingerprint density at radius 1 is 0.902 bits per heavy atom. The second-order valence-electron chi connectivity index (χ2n) is 14.9. The second kappa shape index (κ2) is 20.9. The number of likely N-dealkylation sites (N-methyl/N-ethyl adjacent to an activating group) is 1. The van der Waals surface area contributed by atoms with Crippen LogP contribution in [0.2, 0.25) is 5.02 Å². The number of carbonyl (C=O) groups is 7. The molecule has 0 unspecified atom stereocenters. The highest BCUT2D eigenvalue weighted by Gasteiger charge is 2.36. The third-order valence-corrected chi connectivity index (χ3v) is 11.0. The van der Waals surface area contributed by atoms with Crippen molar-refractivity contribution in [2.45, 2.75) is 69.7 Å². The maximum Gasteiger partial charge on any atom is 0.251 e. The molecule has 5 rings (SSSR count). The van der Waals surface area contributed by atoms with Gasteiger partial charge in [0.15, 0.2) is 12.1 Å². The molecule has 0 radical (unpaired) electrons. The van der Waals surface area contributed by atoms with Gasteiger partial charge in [0, 0.05) is 35.2 Å². The molecule has 0 saturated heterocycles. The van der Waals surface area contributed by atoms with E-state index >= 15 is 0 Å². The molecule has 7 N–H and O–H groups in total. The Balaban J connectivity index is 1.52. The molecular weight excluding hydrogens is 823 g/mol. The number of phenolic OH excluding ortho intramolecular Hbond substituents is 1. The van der Waals surface area contributed by atoms with Gasteiger partial charge in [-0.15, -0.1) is 11.6 Å². The van der Waals surface area contributed by atoms with Gasteiger partial charge in [-0.2, -0.15) is 0 Å². The minimum absolute atomic E-state index is 0.104. The number of amides is 5. The number of hydrogen-bond acceptors (Lipinski definition) is 9. The molecule has 4 aromatic carbocycles. The Bertz CT molecular complexity index is 2290. The molecule has 1 aliphatic rings. The SMILES string of the molecule is C[C@H](NC(=O)[C@@H]1Cc2ccc(O)c(c2)-c2cc(ccc2C=O)[C@H](N(C)C(=O)[C@H](CCCCN)NC(=O)c2ccc(-c3ccc(Cl)cc3)cc2)C(=O)N[C@@H](C)C(=O)N1)C(=O)CCl. The van der Waals surface area contributed by atoms with E-state index in [-0.39, 0.29) is 52.3 Å². The van der Waals surface area contributed by atoms with Crippen molar-refractivity contribution in [1.29, 1.82) is 0 Å². The van der Waals surface area contributed by atoms with Crippen LogP contribution in [0.15, 0.2) is 84.9 Å². The van der Waals surface area contributed by atoms with Crippen molar-refractivity contribution in [3.63, 3.8) is 0 Å². The van der Waals surface area contributed by atoms with E-state index in [9.17, 15) is 38.7 Å². The summed E-state index contributed by atoms with van der Waals surface area (Å²) in [6.07, 6.45) is 1.67. The number of nitrogens with two attached hydrogens (primary N) is 1. The van der Waals surface area contributed by atoms with Gasteiger partial charge >= 0.3 is 0 Å². The highest BCUT2D eigenvalue weighted by Crippen LogP contribution is 2.36. The van der Waals surface area contributed by atoms with Crippen molar-refractivity contribution in [1.82, 2.24) is 26.2 Å². The first-order valence-electron chi connectivity index (χ1n) is 19.7. The van der Waals surface area contributed by atoms with Gasteiger partial charge in [0.05, 0.1) is 11.9 Å². The number of carbonyl (C=O) groups excluding carboxylic acids is 7. The lowest BCUT2D eigenvalue weighted by Crippen LogP contribution is -2.57. The van der Waals surface area contributed by atoms with Crippen LogP contribution in [-0.4, -0.2) is 95.3 Å². The molecule has 14 nitrogen and oxygen atoms in total. The third kappa shape index (κ3) is 11.4. The van der Waals surface area contributed by atoms with Crippen LogP contribution in [-0.2, 0) is 30.4 Å². The number of alkyl halides is 1. The highest BCUT2D eigenvalue weighted by molar-refractivity contribution is 6.30. The van der Waals surface area contributed by atoms with Gasteiger partial charge in [-0.05, 0) is 110 Å². The molecule has 320 valence electrons. The molecule has 16 heteroatoms. The van der Waals surface area contributed by atoms with Crippen molar-refractivity contribution in [3.05, 3.63) is 112 Å². The zero-order valence-corrected chi connectivity index (χ0v) is 35.4. The van der Waals surface area contributed by atoms with Crippen molar-refractivity contribution in [2.24, 2.45) is 5.73 Å². The fraction of sp³-hybridized carbons (Fsp3) is 0.311. The normalized spacial score (nSPS) is 17.4. The van der Waals surface area contributed by atoms with Crippen molar-refractivity contribution < 1.29 is 38.7 Å². The Hall–Kier alpha value is -6.09. The number of ketones is 1. The lowest BCUT2D eigenvalue weighted by Gasteiger charge is -2.32. The zero-order chi connectivity index (χ0) is 44.4. The Labute approximate surface area is 363 Å². The number of nitrogens with one attached hydrogen (secondary N) is 4. The molecular formula is C45H48Cl2N6O8. The van der Waals surface area contributed by atoms with Gasteiger partial charge in [0.1, 0.15) is 29.9 Å². The average molecular weight is 872 g/mol. The van der Waals surface area contributed by atoms with Crippen LogP contribution in [0.25, 0.3) is 22.3 Å². The number of rotatable bonds is 14. The molecule has 0 spiro atoms. The van der Waals surface area contributed by atoms with Gasteiger partial charge in [-0.25, -0.2) is 0 Å². The maximum absolute atomic E-state index is 14.6. The molecule has 0 saturated carbocycles. The van der Waals surface area contributed by atoms with Crippen LogP contribution in [0.4, 0.5) is 0 Å². The van der Waals surface area contributed by atoms with Crippen LogP contribution in [0.5, 0.6) is 5.75 Å². The topological polar surface area (TPSA) is 217 Å². The van der Waals surface area contributed by atoms with E-state index in [1.807, 2.05) is 12.1 Å². The largest absolute Gasteiger partial charge is 0.507 e. The number of Topliss-reactive ketones (excluding diaryl/α,β-unsaturated/α-hetero) is 1. The molecule has 4 aromatic rings. The van der Waals surface area contributed by atoms with Gasteiger partial charge in [-0.3, -0.25) is 33.6 Å². The summed E-state index contributed by atoms with van der Waals surface area (Å²) >= 11 is 11.7. The summed E-state index contributed by atoms with van der Waals surface area (Å²) in [6, 6.07) is 16.9. The number of phenols is 1. The lowest BCUT2D eigenvalue weighted by atomic mass is 9.91. The monoisotopic (exact) mass is 870 g/mol. The van der Waals surface area contributed by atoms with E-state index in [2.05, 4.69) is 21.3 Å². The summed E-state index contributed by atoms with van der Waals surface area (Å²) in [5.41, 5.74) is 9.04. The van der Waals surface area contributed by atoms with Crippen molar-refractivity contribution in [3.8, 4) is 28.0 Å². The summed E-state index contributed by atoms with van der Waals surface area (Å²) in [5, 5.41) is 22.4. The predicted molar refractivity (Wildman–Crippen MR) is 232 cm³/mol. The molecule has 1 aliphatic heterocycles. The molecule has 0 aromatic heterocycles. The summed E-state index contributed by atoms with van der Waals surface area (Å²) in [4.78, 5) is 95.7. The number of halogens is 2. The summed E-state index contributed by atoms with van der Waals surface area (Å²) < 4.78 is 0. The lowest BCUT2D eigenvalue weighted by molar-refractivity contribution is -0.141. The van der Waals surface area contributed by atoms with Crippen molar-refractivity contribution in [2.75, 3.05) is 19.5 Å². The first-order valence-corrected chi connectivity index (χ1v) is 20.6. The third-order valence-electron chi connectivity index (χ3n) is 10.5. The number of hydrogen-bond donors (Lipinski definition) is 6. The smallest absolute Gasteiger partial charge is 0.251 e. The first kappa shape index (κ1) is 46.0. The number of nitrogens with zero attached hydrogens (tertiary/aromatic N) is 1. The summed E-state index contributed by atoms with van der Waals surface area (Å²) in [6.45, 7) is 3.20. The van der Waals surface area contributed by atoms with E-state index in [1.54, 1.807) is 48.5 Å². The van der Waals surface area contributed by atoms with Crippen LogP contribution < -0.4 is 27.0 Å². The average Bonchev–Trinajstić information content (AvgIpc) is 3.25. The standard InChI is InChI=1S/C45H48Cl2N6O8/c1-25(39(56)23-46)49-43(59)37-21-27-7-18-38(55)35(20-27)34-22-31(12-13-32(34)24-54)40(44(60)50-26(2)41(57)52-37)53(3)45(61)36(6-4-5-19-48)51-42(58)30-10-8-28(9-11-30)29-14-16-33(47)17-15-29/h7-18,20,22,24-26,36-37,40,55H,4-6,19,21,23,48H2,1-3H3,(H,49,59)(H,50,60)(H,51,58)(H,52,57)/t25-,26-,36-,37-,40-/m0/s1. The van der Waals surface area contributed by atoms with E-state index in [0.717, 1.165) is 16.0 Å². The summed E-state index contributed by atoms with van der Waals surface area (Å²) in [7, 11) is 1.39. The maximum atomic E-state index is 14.6. The minimum Gasteiger partial charge on any atom is -0.507 e. The molecule has 5 atom stereocenters. The van der Waals surface area contributed by atoms with Gasteiger partial charge in [0.25, 0.3) is 5.91 Å². The van der Waals surface area contributed by atoms with Gasteiger partial charge in [0.2, 0.25) is 23.6 Å². The van der Waals surface area contributed by atoms with E-state index < -0.39 is 65.5 Å². The van der Waals surface area contributed by atoms with Crippen LogP contribution >= 0.6 is 23.2 Å². The van der Waals surface area contributed by atoms with E-state index in [0.29, 0.717) is 36.3 Å². The number of unbranched alkanes of at least 4 members (excludes halogenated alkanes) is 1. The number of fused-ring (bicyclic) bond motifs is 5. The molecule has 0 aliphatic carbocycles. The van der Waals surface area contributed by atoms with Gasteiger partial charge < -0.3 is 37.0 Å². The van der Waals surface area contributed by atoms with Crippen molar-refractivity contribution >= 4 is 64.8 Å². The molecule has 5 amide bonds. The number of benzene rings is 4. The fourth-order valence-electron chi connectivity index (χ4n) is 6.99.